The molecule has 2 saturated heterocycles. The minimum absolute atomic E-state index is 0.217. The van der Waals surface area contributed by atoms with E-state index in [0.29, 0.717) is 17.9 Å². The Morgan fingerprint density at radius 1 is 1.15 bits per heavy atom. The quantitative estimate of drug-likeness (QED) is 0.649. The van der Waals surface area contributed by atoms with Gasteiger partial charge >= 0.3 is 0 Å². The first kappa shape index (κ1) is 18.9. The van der Waals surface area contributed by atoms with Gasteiger partial charge in [-0.25, -0.2) is 0 Å². The molecule has 5 N–H and O–H groups in total. The number of nitrogens with zero attached hydrogens (tertiary/aromatic N) is 4. The molecule has 144 valence electrons. The molecule has 2 atom stereocenters. The fourth-order valence-electron chi connectivity index (χ4n) is 3.64. The van der Waals surface area contributed by atoms with Crippen molar-refractivity contribution < 1.29 is 14.6 Å². The topological polar surface area (TPSA) is 131 Å². The SMILES string of the molecule is Nc1cc(N2CCN3[C@@H](COC[C@@H]3c3ccccc3)C2)nc(N)n1.O=CO. The molecule has 2 fully saturated rings. The predicted molar refractivity (Wildman–Crippen MR) is 102 cm³/mol. The number of ether oxygens (including phenoxy) is 1. The van der Waals surface area contributed by atoms with Gasteiger partial charge in [-0.2, -0.15) is 9.97 Å². The molecule has 2 aliphatic rings. The monoisotopic (exact) mass is 372 g/mol. The van der Waals surface area contributed by atoms with Gasteiger partial charge in [-0.15, -0.1) is 0 Å². The van der Waals surface area contributed by atoms with Gasteiger partial charge in [0, 0.05) is 25.7 Å². The zero-order valence-electron chi connectivity index (χ0n) is 14.9. The van der Waals surface area contributed by atoms with Crippen LogP contribution in [0.3, 0.4) is 0 Å². The first-order valence-electron chi connectivity index (χ1n) is 8.73. The van der Waals surface area contributed by atoms with Crippen LogP contribution in [0.25, 0.3) is 0 Å². The van der Waals surface area contributed by atoms with Gasteiger partial charge in [0.1, 0.15) is 11.6 Å². The van der Waals surface area contributed by atoms with E-state index in [2.05, 4.69) is 44.0 Å². The lowest BCUT2D eigenvalue weighted by Gasteiger charge is -2.48. The predicted octanol–water partition coefficient (Wildman–Crippen LogP) is 0.604. The molecule has 3 heterocycles. The van der Waals surface area contributed by atoms with Gasteiger partial charge in [-0.05, 0) is 5.56 Å². The molecule has 0 saturated carbocycles. The Bertz CT molecular complexity index is 740. The lowest BCUT2D eigenvalue weighted by Crippen LogP contribution is -2.59. The van der Waals surface area contributed by atoms with Crippen LogP contribution in [0.1, 0.15) is 11.6 Å². The summed E-state index contributed by atoms with van der Waals surface area (Å²) in [6.45, 7) is 3.91. The van der Waals surface area contributed by atoms with Crippen LogP contribution in [0, 0.1) is 0 Å². The number of nitrogen functional groups attached to an aromatic ring is 2. The third-order valence-corrected chi connectivity index (χ3v) is 4.77. The number of hydrogen-bond acceptors (Lipinski definition) is 8. The minimum atomic E-state index is -0.250. The van der Waals surface area contributed by atoms with E-state index >= 15 is 0 Å². The van der Waals surface area contributed by atoms with Gasteiger partial charge < -0.3 is 26.2 Å². The molecule has 0 bridgehead atoms. The zero-order chi connectivity index (χ0) is 19.2. The zero-order valence-corrected chi connectivity index (χ0v) is 14.9. The lowest BCUT2D eigenvalue weighted by molar-refractivity contribution is -0.122. The van der Waals surface area contributed by atoms with E-state index in [1.54, 1.807) is 6.07 Å². The molecule has 1 aromatic heterocycles. The van der Waals surface area contributed by atoms with Crippen molar-refractivity contribution in [3.63, 3.8) is 0 Å². The van der Waals surface area contributed by atoms with Crippen molar-refractivity contribution in [3.05, 3.63) is 42.0 Å². The number of anilines is 3. The van der Waals surface area contributed by atoms with Crippen LogP contribution < -0.4 is 16.4 Å². The maximum atomic E-state index is 8.36. The molecule has 0 spiro atoms. The second-order valence-electron chi connectivity index (χ2n) is 6.42. The van der Waals surface area contributed by atoms with E-state index in [4.69, 9.17) is 26.1 Å². The van der Waals surface area contributed by atoms with Gasteiger partial charge in [0.15, 0.2) is 0 Å². The summed E-state index contributed by atoms with van der Waals surface area (Å²) in [5.41, 5.74) is 12.8. The first-order valence-corrected chi connectivity index (χ1v) is 8.73. The Morgan fingerprint density at radius 3 is 2.59 bits per heavy atom. The molecule has 9 heteroatoms. The van der Waals surface area contributed by atoms with Crippen molar-refractivity contribution >= 4 is 24.1 Å². The lowest BCUT2D eigenvalue weighted by atomic mass is 10.0. The van der Waals surface area contributed by atoms with Crippen LogP contribution in [-0.4, -0.2) is 65.3 Å². The molecular formula is C18H24N6O3. The number of benzene rings is 1. The molecule has 0 radical (unpaired) electrons. The van der Waals surface area contributed by atoms with Crippen molar-refractivity contribution in [1.82, 2.24) is 14.9 Å². The molecule has 4 rings (SSSR count). The summed E-state index contributed by atoms with van der Waals surface area (Å²) >= 11 is 0. The Labute approximate surface area is 157 Å². The van der Waals surface area contributed by atoms with E-state index in [9.17, 15) is 0 Å². The van der Waals surface area contributed by atoms with Gasteiger partial charge in [-0.1, -0.05) is 30.3 Å². The number of morpholine rings is 1. The van der Waals surface area contributed by atoms with E-state index < -0.39 is 0 Å². The second-order valence-corrected chi connectivity index (χ2v) is 6.42. The van der Waals surface area contributed by atoms with E-state index in [1.807, 2.05) is 6.07 Å². The molecule has 9 nitrogen and oxygen atoms in total. The standard InChI is InChI=1S/C17H22N6O.CH2O2/c18-15-8-16(21-17(19)20-15)22-6-7-23-13(9-22)10-24-11-14(23)12-4-2-1-3-5-12;2-1-3/h1-5,8,13-14H,6-7,9-11H2,(H4,18,19,20,21);1H,(H,2,3)/t13-,14-;/m1./s1. The summed E-state index contributed by atoms with van der Waals surface area (Å²) in [7, 11) is 0. The van der Waals surface area contributed by atoms with E-state index in [-0.39, 0.29) is 12.4 Å². The Hall–Kier alpha value is -2.91. The molecule has 0 amide bonds. The highest BCUT2D eigenvalue weighted by molar-refractivity contribution is 5.51. The number of carbonyl (C=O) groups is 1. The van der Waals surface area contributed by atoms with Crippen molar-refractivity contribution in [2.45, 2.75) is 12.1 Å². The van der Waals surface area contributed by atoms with Crippen LogP contribution in [0.4, 0.5) is 17.6 Å². The first-order chi connectivity index (χ1) is 13.1. The highest BCUT2D eigenvalue weighted by Gasteiger charge is 2.36. The largest absolute Gasteiger partial charge is 0.483 e. The number of carboxylic acid groups (broad SMARTS) is 1. The van der Waals surface area contributed by atoms with Crippen LogP contribution in [0.2, 0.25) is 0 Å². The summed E-state index contributed by atoms with van der Waals surface area (Å²) in [5.74, 6) is 1.41. The number of rotatable bonds is 2. The Kier molecular flexibility index (Phi) is 6.05. The maximum absolute atomic E-state index is 8.36. The van der Waals surface area contributed by atoms with E-state index in [1.165, 1.54) is 5.56 Å². The minimum Gasteiger partial charge on any atom is -0.483 e. The summed E-state index contributed by atoms with van der Waals surface area (Å²) in [6, 6.07) is 13.0. The summed E-state index contributed by atoms with van der Waals surface area (Å²) in [5, 5.41) is 6.89. The van der Waals surface area contributed by atoms with Crippen molar-refractivity contribution in [3.8, 4) is 0 Å². The van der Waals surface area contributed by atoms with Gasteiger partial charge in [-0.3, -0.25) is 9.69 Å². The van der Waals surface area contributed by atoms with Gasteiger partial charge in [0.2, 0.25) is 5.95 Å². The summed E-state index contributed by atoms with van der Waals surface area (Å²) < 4.78 is 5.89. The van der Waals surface area contributed by atoms with E-state index in [0.717, 1.165) is 38.7 Å². The van der Waals surface area contributed by atoms with Crippen molar-refractivity contribution in [1.29, 1.82) is 0 Å². The molecule has 2 aromatic rings. The molecular weight excluding hydrogens is 348 g/mol. The van der Waals surface area contributed by atoms with Crippen LogP contribution >= 0.6 is 0 Å². The molecule has 27 heavy (non-hydrogen) atoms. The molecule has 2 aliphatic heterocycles. The third-order valence-electron chi connectivity index (χ3n) is 4.77. The smallest absolute Gasteiger partial charge is 0.290 e. The normalized spacial score (nSPS) is 22.3. The van der Waals surface area contributed by atoms with Gasteiger partial charge in [0.05, 0.1) is 25.3 Å². The number of aromatic nitrogens is 2. The molecule has 1 aromatic carbocycles. The average Bonchev–Trinajstić information content (AvgIpc) is 2.67. The molecule has 0 aliphatic carbocycles. The van der Waals surface area contributed by atoms with Crippen LogP contribution in [0.5, 0.6) is 0 Å². The average molecular weight is 372 g/mol. The number of piperazine rings is 1. The maximum Gasteiger partial charge on any atom is 0.290 e. The van der Waals surface area contributed by atoms with Crippen molar-refractivity contribution in [2.24, 2.45) is 0 Å². The molecule has 0 unspecified atom stereocenters. The second kappa shape index (κ2) is 8.65. The highest BCUT2D eigenvalue weighted by atomic mass is 16.5. The number of nitrogens with two attached hydrogens (primary N) is 2. The fraction of sp³-hybridized carbons (Fsp3) is 0.389. The fourth-order valence-corrected chi connectivity index (χ4v) is 3.64. The van der Waals surface area contributed by atoms with Crippen LogP contribution in [-0.2, 0) is 9.53 Å². The van der Waals surface area contributed by atoms with Crippen LogP contribution in [0.15, 0.2) is 36.4 Å². The Morgan fingerprint density at radius 2 is 1.89 bits per heavy atom. The number of fused-ring (bicyclic) bond motifs is 1. The summed E-state index contributed by atoms with van der Waals surface area (Å²) in [4.78, 5) is 21.4. The number of hydrogen-bond donors (Lipinski definition) is 3. The summed E-state index contributed by atoms with van der Waals surface area (Å²) in [6.07, 6.45) is 0. The third kappa shape index (κ3) is 4.44. The highest BCUT2D eigenvalue weighted by Crippen LogP contribution is 2.30. The van der Waals surface area contributed by atoms with Gasteiger partial charge in [0.25, 0.3) is 6.47 Å². The Balaban J connectivity index is 0.000000659. The van der Waals surface area contributed by atoms with Crippen molar-refractivity contribution in [2.75, 3.05) is 49.2 Å².